The standard InChI is InChI=1S/C20H40N8O5S2/c1-35-10-7-15(19(32)33)28-18(31)14(6-4-9-25-20(23)24)27-17(30)13(5-2-3-8-21)26-16(29)12(22)11-34/h12-15,34H,2-11,21-22H2,1H3,(H,26,29)(H,27,30)(H,28,31)(H,32,33)(H4,23,24,25). The third-order valence-electron chi connectivity index (χ3n) is 4.92. The number of carboxylic acid groups (broad SMARTS) is 1. The van der Waals surface area contributed by atoms with E-state index in [2.05, 4.69) is 33.6 Å². The van der Waals surface area contributed by atoms with Gasteiger partial charge < -0.3 is 44.0 Å². The molecule has 13 nitrogen and oxygen atoms in total. The lowest BCUT2D eigenvalue weighted by Gasteiger charge is -2.25. The molecule has 0 saturated carbocycles. The summed E-state index contributed by atoms with van der Waals surface area (Å²) in [6.07, 6.45) is 4.00. The monoisotopic (exact) mass is 536 g/mol. The highest BCUT2D eigenvalue weighted by molar-refractivity contribution is 7.98. The summed E-state index contributed by atoms with van der Waals surface area (Å²) in [4.78, 5) is 53.7. The van der Waals surface area contributed by atoms with Gasteiger partial charge in [0.15, 0.2) is 5.96 Å². The number of nitrogens with one attached hydrogen (secondary N) is 3. The van der Waals surface area contributed by atoms with Crippen LogP contribution in [-0.4, -0.2) is 89.8 Å². The van der Waals surface area contributed by atoms with E-state index in [1.165, 1.54) is 11.8 Å². The van der Waals surface area contributed by atoms with E-state index < -0.39 is 47.9 Å². The minimum Gasteiger partial charge on any atom is -0.480 e. The maximum Gasteiger partial charge on any atom is 0.326 e. The molecule has 0 aliphatic carbocycles. The van der Waals surface area contributed by atoms with E-state index in [-0.39, 0.29) is 37.5 Å². The van der Waals surface area contributed by atoms with Crippen LogP contribution < -0.4 is 38.9 Å². The number of carbonyl (C=O) groups excluding carboxylic acids is 3. The Balaban J connectivity index is 5.54. The first-order valence-electron chi connectivity index (χ1n) is 11.3. The molecule has 35 heavy (non-hydrogen) atoms. The fourth-order valence-electron chi connectivity index (χ4n) is 2.93. The van der Waals surface area contributed by atoms with Gasteiger partial charge >= 0.3 is 5.97 Å². The van der Waals surface area contributed by atoms with Crippen molar-refractivity contribution in [1.29, 1.82) is 0 Å². The number of guanidine groups is 1. The first kappa shape index (κ1) is 32.8. The second-order valence-corrected chi connectivity index (χ2v) is 9.18. The molecule has 0 bridgehead atoms. The summed E-state index contributed by atoms with van der Waals surface area (Å²) in [6.45, 7) is 0.630. The second-order valence-electron chi connectivity index (χ2n) is 7.83. The number of hydrogen-bond donors (Lipinski definition) is 9. The molecule has 0 aromatic heterocycles. The van der Waals surface area contributed by atoms with E-state index in [9.17, 15) is 24.3 Å². The molecular formula is C20H40N8O5S2. The fourth-order valence-corrected chi connectivity index (χ4v) is 3.57. The summed E-state index contributed by atoms with van der Waals surface area (Å²) in [5.41, 5.74) is 21.9. The SMILES string of the molecule is CSCCC(NC(=O)C(CCCN=C(N)N)NC(=O)C(CCCCN)NC(=O)C(N)CS)C(=O)O. The number of carboxylic acids is 1. The highest BCUT2D eigenvalue weighted by Gasteiger charge is 2.29. The van der Waals surface area contributed by atoms with Gasteiger partial charge in [-0.25, -0.2) is 4.79 Å². The van der Waals surface area contributed by atoms with Crippen molar-refractivity contribution in [2.45, 2.75) is 62.7 Å². The molecule has 0 heterocycles. The van der Waals surface area contributed by atoms with E-state index in [0.29, 0.717) is 31.6 Å². The van der Waals surface area contributed by atoms with Gasteiger partial charge in [-0.05, 0) is 57.1 Å². The number of hydrogen-bond acceptors (Lipinski definition) is 9. The average Bonchev–Trinajstić information content (AvgIpc) is 2.81. The predicted molar refractivity (Wildman–Crippen MR) is 141 cm³/mol. The molecule has 15 heteroatoms. The molecule has 12 N–H and O–H groups in total. The van der Waals surface area contributed by atoms with Crippen molar-refractivity contribution < 1.29 is 24.3 Å². The molecule has 4 unspecified atom stereocenters. The van der Waals surface area contributed by atoms with Gasteiger partial charge in [-0.1, -0.05) is 0 Å². The quantitative estimate of drug-likeness (QED) is 0.0370. The first-order valence-corrected chi connectivity index (χ1v) is 13.3. The van der Waals surface area contributed by atoms with Gasteiger partial charge in [0, 0.05) is 12.3 Å². The van der Waals surface area contributed by atoms with Crippen LogP contribution in [0.15, 0.2) is 4.99 Å². The fraction of sp³-hybridized carbons (Fsp3) is 0.750. The largest absolute Gasteiger partial charge is 0.480 e. The van der Waals surface area contributed by atoms with Crippen LogP contribution >= 0.6 is 24.4 Å². The second kappa shape index (κ2) is 19.0. The first-order chi connectivity index (χ1) is 16.6. The van der Waals surface area contributed by atoms with Gasteiger partial charge in [-0.3, -0.25) is 19.4 Å². The van der Waals surface area contributed by atoms with Gasteiger partial charge in [0.25, 0.3) is 0 Å². The topological polar surface area (TPSA) is 241 Å². The van der Waals surface area contributed by atoms with Crippen molar-refractivity contribution in [1.82, 2.24) is 16.0 Å². The molecule has 3 amide bonds. The molecular weight excluding hydrogens is 496 g/mol. The summed E-state index contributed by atoms with van der Waals surface area (Å²) in [7, 11) is 0. The van der Waals surface area contributed by atoms with Crippen LogP contribution in [-0.2, 0) is 19.2 Å². The molecule has 0 saturated heterocycles. The zero-order valence-electron chi connectivity index (χ0n) is 20.1. The molecule has 0 aliphatic heterocycles. The van der Waals surface area contributed by atoms with Crippen molar-refractivity contribution in [2.24, 2.45) is 27.9 Å². The van der Waals surface area contributed by atoms with Crippen LogP contribution in [0.3, 0.4) is 0 Å². The summed E-state index contributed by atoms with van der Waals surface area (Å²) < 4.78 is 0. The Bertz CT molecular complexity index is 709. The zero-order valence-corrected chi connectivity index (χ0v) is 21.8. The van der Waals surface area contributed by atoms with E-state index in [4.69, 9.17) is 22.9 Å². The number of thiol groups is 1. The maximum atomic E-state index is 13.0. The van der Waals surface area contributed by atoms with Gasteiger partial charge in [0.2, 0.25) is 17.7 Å². The molecule has 0 aromatic carbocycles. The van der Waals surface area contributed by atoms with Crippen LogP contribution in [0.5, 0.6) is 0 Å². The van der Waals surface area contributed by atoms with Crippen molar-refractivity contribution in [3.8, 4) is 0 Å². The number of unbranched alkanes of at least 4 members (excludes halogenated alkanes) is 1. The minimum absolute atomic E-state index is 0.0887. The van der Waals surface area contributed by atoms with Gasteiger partial charge in [0.1, 0.15) is 18.1 Å². The number of aliphatic imine (C=N–C) groups is 1. The highest BCUT2D eigenvalue weighted by atomic mass is 32.2. The Morgan fingerprint density at radius 3 is 1.94 bits per heavy atom. The lowest BCUT2D eigenvalue weighted by Crippen LogP contribution is -2.57. The number of carbonyl (C=O) groups is 4. The molecule has 0 rings (SSSR count). The zero-order chi connectivity index (χ0) is 26.8. The van der Waals surface area contributed by atoms with Gasteiger partial charge in [-0.2, -0.15) is 24.4 Å². The van der Waals surface area contributed by atoms with Gasteiger partial charge in [0.05, 0.1) is 6.04 Å². The molecule has 0 fully saturated rings. The highest BCUT2D eigenvalue weighted by Crippen LogP contribution is 2.07. The van der Waals surface area contributed by atoms with Gasteiger partial charge in [-0.15, -0.1) is 0 Å². The number of nitrogens with two attached hydrogens (primary N) is 4. The Morgan fingerprint density at radius 2 is 1.46 bits per heavy atom. The summed E-state index contributed by atoms with van der Waals surface area (Å²) in [5.74, 6) is -2.47. The van der Waals surface area contributed by atoms with E-state index in [0.717, 1.165) is 0 Å². The Morgan fingerprint density at radius 1 is 0.914 bits per heavy atom. The predicted octanol–water partition coefficient (Wildman–Crippen LogP) is -2.28. The van der Waals surface area contributed by atoms with Crippen molar-refractivity contribution in [3.05, 3.63) is 0 Å². The molecule has 0 aromatic rings. The number of thioether (sulfide) groups is 1. The van der Waals surface area contributed by atoms with Crippen molar-refractivity contribution in [3.63, 3.8) is 0 Å². The number of nitrogens with zero attached hydrogens (tertiary/aromatic N) is 1. The molecule has 0 radical (unpaired) electrons. The summed E-state index contributed by atoms with van der Waals surface area (Å²) in [5, 5.41) is 17.1. The normalized spacial score (nSPS) is 14.2. The van der Waals surface area contributed by atoms with E-state index in [1.54, 1.807) is 0 Å². The van der Waals surface area contributed by atoms with Crippen LogP contribution in [0, 0.1) is 0 Å². The third-order valence-corrected chi connectivity index (χ3v) is 5.95. The Kier molecular flexibility index (Phi) is 17.8. The van der Waals surface area contributed by atoms with E-state index >= 15 is 0 Å². The maximum absolute atomic E-state index is 13.0. The molecule has 4 atom stereocenters. The van der Waals surface area contributed by atoms with E-state index in [1.807, 2.05) is 6.26 Å². The minimum atomic E-state index is -1.18. The third kappa shape index (κ3) is 14.7. The Hall–Kier alpha value is -2.23. The Labute approximate surface area is 215 Å². The molecule has 0 aliphatic rings. The van der Waals surface area contributed by atoms with Crippen LogP contribution in [0.25, 0.3) is 0 Å². The number of aliphatic carboxylic acids is 1. The van der Waals surface area contributed by atoms with Crippen LogP contribution in [0.1, 0.15) is 38.5 Å². The molecule has 0 spiro atoms. The number of amides is 3. The van der Waals surface area contributed by atoms with Crippen molar-refractivity contribution >= 4 is 54.0 Å². The lowest BCUT2D eigenvalue weighted by molar-refractivity contribution is -0.142. The number of rotatable bonds is 19. The lowest BCUT2D eigenvalue weighted by atomic mass is 10.1. The van der Waals surface area contributed by atoms with Crippen molar-refractivity contribution in [2.75, 3.05) is 30.9 Å². The summed E-state index contributed by atoms with van der Waals surface area (Å²) in [6, 6.07) is -4.05. The molecule has 202 valence electrons. The van der Waals surface area contributed by atoms with Crippen LogP contribution in [0.4, 0.5) is 0 Å². The average molecular weight is 537 g/mol. The smallest absolute Gasteiger partial charge is 0.326 e. The van der Waals surface area contributed by atoms with Crippen LogP contribution in [0.2, 0.25) is 0 Å². The summed E-state index contributed by atoms with van der Waals surface area (Å²) >= 11 is 5.45.